The van der Waals surface area contributed by atoms with E-state index in [-0.39, 0.29) is 17.3 Å². The fraction of sp³-hybridized carbons (Fsp3) is 0.409. The van der Waals surface area contributed by atoms with Crippen LogP contribution in [0, 0.1) is 12.8 Å². The van der Waals surface area contributed by atoms with E-state index in [2.05, 4.69) is 5.32 Å². The van der Waals surface area contributed by atoms with Gasteiger partial charge in [0, 0.05) is 13.1 Å². The van der Waals surface area contributed by atoms with Gasteiger partial charge in [-0.05, 0) is 68.7 Å². The highest BCUT2D eigenvalue weighted by Crippen LogP contribution is 2.29. The second kappa shape index (κ2) is 9.49. The van der Waals surface area contributed by atoms with Crippen molar-refractivity contribution in [1.29, 1.82) is 0 Å². The molecule has 1 N–H and O–H groups in total. The molecular formula is C22H28N2O5S. The van der Waals surface area contributed by atoms with Crippen LogP contribution in [0.1, 0.15) is 25.3 Å². The number of carbonyl (C=O) groups is 1. The molecule has 3 rings (SSSR count). The largest absolute Gasteiger partial charge is 0.495 e. The van der Waals surface area contributed by atoms with Gasteiger partial charge in [0.25, 0.3) is 0 Å². The number of aryl methyl sites for hydroxylation is 1. The highest BCUT2D eigenvalue weighted by Gasteiger charge is 2.33. The quantitative estimate of drug-likeness (QED) is 0.724. The molecule has 162 valence electrons. The number of piperidine rings is 1. The summed E-state index contributed by atoms with van der Waals surface area (Å²) in [4.78, 5) is 13.1. The van der Waals surface area contributed by atoms with Crippen LogP contribution in [0.2, 0.25) is 0 Å². The van der Waals surface area contributed by atoms with Crippen molar-refractivity contribution in [2.45, 2.75) is 31.6 Å². The Morgan fingerprint density at radius 3 is 2.60 bits per heavy atom. The molecule has 1 saturated heterocycles. The Morgan fingerprint density at radius 2 is 1.93 bits per heavy atom. The number of methoxy groups -OCH3 is 1. The summed E-state index contributed by atoms with van der Waals surface area (Å²) in [5.41, 5.74) is 1.59. The third-order valence-electron chi connectivity index (χ3n) is 5.14. The van der Waals surface area contributed by atoms with E-state index >= 15 is 0 Å². The number of ether oxygens (including phenoxy) is 2. The van der Waals surface area contributed by atoms with E-state index in [1.165, 1.54) is 4.31 Å². The van der Waals surface area contributed by atoms with Crippen molar-refractivity contribution in [3.8, 4) is 11.5 Å². The van der Waals surface area contributed by atoms with Gasteiger partial charge in [-0.3, -0.25) is 4.79 Å². The zero-order valence-electron chi connectivity index (χ0n) is 17.6. The third kappa shape index (κ3) is 4.94. The minimum Gasteiger partial charge on any atom is -0.495 e. The number of nitrogens with one attached hydrogen (secondary N) is 1. The molecule has 0 unspecified atom stereocenters. The molecule has 1 heterocycles. The van der Waals surface area contributed by atoms with E-state index in [9.17, 15) is 13.2 Å². The standard InChI is InChI=1S/C22H28N2O5S/c1-4-29-18-8-10-19(11-9-18)30(26,27)24-13-5-6-17(15-24)22(25)23-20-14-16(2)7-12-21(20)28-3/h7-12,14,17H,4-6,13,15H2,1-3H3,(H,23,25)/t17-/m0/s1. The SMILES string of the molecule is CCOc1ccc(S(=O)(=O)N2CCC[C@H](C(=O)Nc3cc(C)ccc3OC)C2)cc1. The van der Waals surface area contributed by atoms with Crippen LogP contribution in [0.5, 0.6) is 11.5 Å². The van der Waals surface area contributed by atoms with Crippen LogP contribution in [0.15, 0.2) is 47.4 Å². The molecule has 7 nitrogen and oxygen atoms in total. The summed E-state index contributed by atoms with van der Waals surface area (Å²) < 4.78 is 38.2. The lowest BCUT2D eigenvalue weighted by atomic mass is 9.98. The van der Waals surface area contributed by atoms with Crippen molar-refractivity contribution in [3.05, 3.63) is 48.0 Å². The van der Waals surface area contributed by atoms with Crippen LogP contribution in [0.3, 0.4) is 0 Å². The Hall–Kier alpha value is -2.58. The third-order valence-corrected chi connectivity index (χ3v) is 7.02. The lowest BCUT2D eigenvalue weighted by molar-refractivity contribution is -0.120. The van der Waals surface area contributed by atoms with Crippen molar-refractivity contribution >= 4 is 21.6 Å². The number of carbonyl (C=O) groups excluding carboxylic acids is 1. The predicted molar refractivity (Wildman–Crippen MR) is 115 cm³/mol. The summed E-state index contributed by atoms with van der Waals surface area (Å²) in [6.07, 6.45) is 1.26. The van der Waals surface area contributed by atoms with Gasteiger partial charge in [0.05, 0.1) is 30.2 Å². The number of benzene rings is 2. The zero-order chi connectivity index (χ0) is 21.7. The van der Waals surface area contributed by atoms with Gasteiger partial charge in [-0.25, -0.2) is 8.42 Å². The second-order valence-electron chi connectivity index (χ2n) is 7.30. The van der Waals surface area contributed by atoms with Gasteiger partial charge in [0.15, 0.2) is 0 Å². The van der Waals surface area contributed by atoms with Gasteiger partial charge >= 0.3 is 0 Å². The topological polar surface area (TPSA) is 84.9 Å². The van der Waals surface area contributed by atoms with Gasteiger partial charge < -0.3 is 14.8 Å². The molecule has 0 aliphatic carbocycles. The number of rotatable bonds is 7. The minimum absolute atomic E-state index is 0.148. The lowest BCUT2D eigenvalue weighted by Gasteiger charge is -2.31. The fourth-order valence-electron chi connectivity index (χ4n) is 3.55. The molecule has 8 heteroatoms. The molecular weight excluding hydrogens is 404 g/mol. The molecule has 0 bridgehead atoms. The van der Waals surface area contributed by atoms with Crippen LogP contribution in [-0.2, 0) is 14.8 Å². The normalized spacial score (nSPS) is 17.4. The van der Waals surface area contributed by atoms with Crippen molar-refractivity contribution in [1.82, 2.24) is 4.31 Å². The first-order valence-electron chi connectivity index (χ1n) is 10.0. The van der Waals surface area contributed by atoms with Crippen molar-refractivity contribution in [2.24, 2.45) is 5.92 Å². The summed E-state index contributed by atoms with van der Waals surface area (Å²) in [5, 5.41) is 2.90. The molecule has 0 saturated carbocycles. The number of nitrogens with zero attached hydrogens (tertiary/aromatic N) is 1. The van der Waals surface area contributed by atoms with E-state index in [1.54, 1.807) is 37.4 Å². The maximum Gasteiger partial charge on any atom is 0.243 e. The summed E-state index contributed by atoms with van der Waals surface area (Å²) in [7, 11) is -2.13. The van der Waals surface area contributed by atoms with Gasteiger partial charge in [-0.1, -0.05) is 6.07 Å². The monoisotopic (exact) mass is 432 g/mol. The Morgan fingerprint density at radius 1 is 1.20 bits per heavy atom. The molecule has 30 heavy (non-hydrogen) atoms. The van der Waals surface area contributed by atoms with Gasteiger partial charge in [0.1, 0.15) is 11.5 Å². The maximum absolute atomic E-state index is 13.1. The molecule has 1 aliphatic heterocycles. The minimum atomic E-state index is -3.68. The zero-order valence-corrected chi connectivity index (χ0v) is 18.4. The first-order chi connectivity index (χ1) is 14.3. The Balaban J connectivity index is 1.73. The molecule has 0 spiro atoms. The molecule has 1 aliphatic rings. The number of anilines is 1. The Labute approximate surface area is 178 Å². The van der Waals surface area contributed by atoms with Crippen LogP contribution < -0.4 is 14.8 Å². The molecule has 1 atom stereocenters. The van der Waals surface area contributed by atoms with Crippen molar-refractivity contribution in [3.63, 3.8) is 0 Å². The van der Waals surface area contributed by atoms with Crippen LogP contribution >= 0.6 is 0 Å². The van der Waals surface area contributed by atoms with E-state index in [0.29, 0.717) is 43.2 Å². The number of sulfonamides is 1. The summed E-state index contributed by atoms with van der Waals surface area (Å²) in [6, 6.07) is 11.9. The number of hydrogen-bond acceptors (Lipinski definition) is 5. The van der Waals surface area contributed by atoms with E-state index < -0.39 is 15.9 Å². The second-order valence-corrected chi connectivity index (χ2v) is 9.24. The van der Waals surface area contributed by atoms with Crippen LogP contribution in [0.25, 0.3) is 0 Å². The van der Waals surface area contributed by atoms with Gasteiger partial charge in [0.2, 0.25) is 15.9 Å². The van der Waals surface area contributed by atoms with Gasteiger partial charge in [-0.2, -0.15) is 4.31 Å². The average molecular weight is 433 g/mol. The molecule has 0 radical (unpaired) electrons. The van der Waals surface area contributed by atoms with Crippen molar-refractivity contribution < 1.29 is 22.7 Å². The van der Waals surface area contributed by atoms with Gasteiger partial charge in [-0.15, -0.1) is 0 Å². The lowest BCUT2D eigenvalue weighted by Crippen LogP contribution is -2.43. The maximum atomic E-state index is 13.1. The molecule has 0 aromatic heterocycles. The predicted octanol–water partition coefficient (Wildman–Crippen LogP) is 3.44. The number of amides is 1. The van der Waals surface area contributed by atoms with Crippen LogP contribution in [-0.4, -0.2) is 45.4 Å². The molecule has 2 aromatic rings. The summed E-state index contributed by atoms with van der Waals surface area (Å²) in [6.45, 7) is 4.86. The molecule has 1 fully saturated rings. The smallest absolute Gasteiger partial charge is 0.243 e. The molecule has 2 aromatic carbocycles. The first kappa shape index (κ1) is 22.1. The Kier molecular flexibility index (Phi) is 6.99. The van der Waals surface area contributed by atoms with Crippen molar-refractivity contribution in [2.75, 3.05) is 32.1 Å². The number of hydrogen-bond donors (Lipinski definition) is 1. The fourth-order valence-corrected chi connectivity index (χ4v) is 5.08. The van der Waals surface area contributed by atoms with E-state index in [0.717, 1.165) is 5.56 Å². The Bertz CT molecular complexity index is 989. The highest BCUT2D eigenvalue weighted by atomic mass is 32.2. The van der Waals surface area contributed by atoms with Crippen LogP contribution in [0.4, 0.5) is 5.69 Å². The highest BCUT2D eigenvalue weighted by molar-refractivity contribution is 7.89. The van der Waals surface area contributed by atoms with E-state index in [1.807, 2.05) is 26.0 Å². The molecule has 1 amide bonds. The summed E-state index contributed by atoms with van der Waals surface area (Å²) in [5.74, 6) is 0.565. The summed E-state index contributed by atoms with van der Waals surface area (Å²) >= 11 is 0. The average Bonchev–Trinajstić information content (AvgIpc) is 2.74. The van der Waals surface area contributed by atoms with E-state index in [4.69, 9.17) is 9.47 Å². The first-order valence-corrected chi connectivity index (χ1v) is 11.5.